The molecule has 30 heavy (non-hydrogen) atoms. The summed E-state index contributed by atoms with van der Waals surface area (Å²) in [6.45, 7) is 3.46. The monoisotopic (exact) mass is 443 g/mol. The van der Waals surface area contributed by atoms with Crippen LogP contribution in [-0.2, 0) is 31.0 Å². The first kappa shape index (κ1) is 24.4. The number of morpholine rings is 1. The quantitative estimate of drug-likeness (QED) is 0.527. The van der Waals surface area contributed by atoms with Gasteiger partial charge >= 0.3 is 0 Å². The third-order valence-corrected chi connectivity index (χ3v) is 6.37. The number of ether oxygens (including phenoxy) is 1. The second-order valence-electron chi connectivity index (χ2n) is 7.67. The van der Waals surface area contributed by atoms with Gasteiger partial charge < -0.3 is 10.1 Å². The first-order valence-electron chi connectivity index (χ1n) is 10.0. The molecule has 2 N–H and O–H groups in total. The van der Waals surface area contributed by atoms with Crippen molar-refractivity contribution in [2.24, 2.45) is 5.92 Å². The SMILES string of the molecule is CC(C)C[C@H](NS(=O)(=O)N1CCOCC1)C(=O)N[C@H](Cc1ccccc1)C(=O)CF. The van der Waals surface area contributed by atoms with Crippen LogP contribution in [0.25, 0.3) is 0 Å². The molecule has 0 aromatic heterocycles. The van der Waals surface area contributed by atoms with E-state index in [-0.39, 0.29) is 45.1 Å². The minimum atomic E-state index is -3.91. The lowest BCUT2D eigenvalue weighted by atomic mass is 10.0. The number of halogens is 1. The summed E-state index contributed by atoms with van der Waals surface area (Å²) in [5.41, 5.74) is 0.763. The Bertz CT molecular complexity index is 798. The average molecular weight is 444 g/mol. The third-order valence-electron chi connectivity index (χ3n) is 4.74. The number of rotatable bonds is 11. The first-order valence-corrected chi connectivity index (χ1v) is 11.4. The van der Waals surface area contributed by atoms with Crippen LogP contribution in [0.2, 0.25) is 0 Å². The van der Waals surface area contributed by atoms with E-state index < -0.39 is 40.7 Å². The van der Waals surface area contributed by atoms with E-state index in [1.165, 1.54) is 4.31 Å². The number of carbonyl (C=O) groups is 2. The fraction of sp³-hybridized carbons (Fsp3) is 0.600. The molecule has 1 aromatic carbocycles. The lowest BCUT2D eigenvalue weighted by Crippen LogP contribution is -2.56. The van der Waals surface area contributed by atoms with Crippen molar-refractivity contribution < 1.29 is 27.1 Å². The summed E-state index contributed by atoms with van der Waals surface area (Å²) in [6.07, 6.45) is 0.358. The Morgan fingerprint density at radius 3 is 2.33 bits per heavy atom. The van der Waals surface area contributed by atoms with E-state index in [1.54, 1.807) is 24.3 Å². The van der Waals surface area contributed by atoms with E-state index in [2.05, 4.69) is 10.0 Å². The zero-order valence-electron chi connectivity index (χ0n) is 17.3. The van der Waals surface area contributed by atoms with Crippen molar-refractivity contribution in [3.8, 4) is 0 Å². The third kappa shape index (κ3) is 7.42. The second-order valence-corrected chi connectivity index (χ2v) is 9.37. The number of nitrogens with zero attached hydrogens (tertiary/aromatic N) is 1. The lowest BCUT2D eigenvalue weighted by Gasteiger charge is -2.29. The predicted octanol–water partition coefficient (Wildman–Crippen LogP) is 0.834. The van der Waals surface area contributed by atoms with Crippen LogP contribution in [0, 0.1) is 5.92 Å². The molecule has 1 fully saturated rings. The normalized spacial score (nSPS) is 17.5. The molecule has 0 spiro atoms. The number of amides is 1. The highest BCUT2D eigenvalue weighted by molar-refractivity contribution is 7.87. The number of benzene rings is 1. The minimum absolute atomic E-state index is 0.0117. The molecule has 2 rings (SSSR count). The summed E-state index contributed by atoms with van der Waals surface area (Å²) in [7, 11) is -3.91. The molecule has 10 heteroatoms. The Morgan fingerprint density at radius 2 is 1.77 bits per heavy atom. The maximum Gasteiger partial charge on any atom is 0.280 e. The standard InChI is InChI=1S/C20H30FN3O5S/c1-15(2)12-18(23-30(27,28)24-8-10-29-11-9-24)20(26)22-17(19(25)14-21)13-16-6-4-3-5-7-16/h3-7,15,17-18,23H,8-14H2,1-2H3,(H,22,26)/t17-,18+/m1/s1. The molecule has 0 saturated carbocycles. The molecule has 1 amide bonds. The Balaban J connectivity index is 2.14. The van der Waals surface area contributed by atoms with E-state index in [0.29, 0.717) is 0 Å². The van der Waals surface area contributed by atoms with Gasteiger partial charge in [-0.25, -0.2) is 4.39 Å². The van der Waals surface area contributed by atoms with Crippen molar-refractivity contribution in [1.82, 2.24) is 14.3 Å². The van der Waals surface area contributed by atoms with Gasteiger partial charge in [0.05, 0.1) is 19.3 Å². The van der Waals surface area contributed by atoms with Crippen molar-refractivity contribution >= 4 is 21.9 Å². The first-order chi connectivity index (χ1) is 14.2. The number of ketones is 1. The summed E-state index contributed by atoms with van der Waals surface area (Å²) in [5.74, 6) is -1.40. The highest BCUT2D eigenvalue weighted by Crippen LogP contribution is 2.11. The molecule has 1 aromatic rings. The molecule has 0 bridgehead atoms. The van der Waals surface area contributed by atoms with Gasteiger partial charge in [0.15, 0.2) is 5.78 Å². The van der Waals surface area contributed by atoms with Crippen molar-refractivity contribution in [1.29, 1.82) is 0 Å². The zero-order valence-corrected chi connectivity index (χ0v) is 18.2. The Morgan fingerprint density at radius 1 is 1.13 bits per heavy atom. The van der Waals surface area contributed by atoms with Crippen LogP contribution in [0.1, 0.15) is 25.8 Å². The molecule has 0 unspecified atom stereocenters. The molecule has 1 aliphatic rings. The predicted molar refractivity (Wildman–Crippen MR) is 111 cm³/mol. The van der Waals surface area contributed by atoms with Gasteiger partial charge in [0, 0.05) is 13.1 Å². The molecule has 168 valence electrons. The van der Waals surface area contributed by atoms with Gasteiger partial charge in [0.25, 0.3) is 10.2 Å². The van der Waals surface area contributed by atoms with Crippen LogP contribution < -0.4 is 10.0 Å². The summed E-state index contributed by atoms with van der Waals surface area (Å²) in [6, 6.07) is 6.77. The lowest BCUT2D eigenvalue weighted by molar-refractivity contribution is -0.129. The maximum atomic E-state index is 13.1. The van der Waals surface area contributed by atoms with E-state index in [0.717, 1.165) is 5.56 Å². The molecule has 1 aliphatic heterocycles. The Labute approximate surface area is 177 Å². The maximum absolute atomic E-state index is 13.1. The number of Topliss-reactive ketones (excluding diaryl/α,β-unsaturated/α-hetero) is 1. The summed E-state index contributed by atoms with van der Waals surface area (Å²) in [5, 5.41) is 2.55. The van der Waals surface area contributed by atoms with Crippen molar-refractivity contribution in [3.05, 3.63) is 35.9 Å². The molecule has 2 atom stereocenters. The number of hydrogen-bond acceptors (Lipinski definition) is 5. The fourth-order valence-electron chi connectivity index (χ4n) is 3.18. The molecule has 0 aliphatic carbocycles. The van der Waals surface area contributed by atoms with Crippen LogP contribution in [0.5, 0.6) is 0 Å². The van der Waals surface area contributed by atoms with Crippen LogP contribution in [0.15, 0.2) is 30.3 Å². The van der Waals surface area contributed by atoms with Gasteiger partial charge in [-0.1, -0.05) is 44.2 Å². The van der Waals surface area contributed by atoms with Gasteiger partial charge in [0.2, 0.25) is 5.91 Å². The Kier molecular flexibility index (Phi) is 9.35. The number of hydrogen-bond donors (Lipinski definition) is 2. The second kappa shape index (κ2) is 11.5. The van der Waals surface area contributed by atoms with E-state index in [4.69, 9.17) is 4.74 Å². The molecule has 8 nitrogen and oxygen atoms in total. The van der Waals surface area contributed by atoms with Crippen LogP contribution >= 0.6 is 0 Å². The fourth-order valence-corrected chi connectivity index (χ4v) is 4.52. The number of nitrogens with one attached hydrogen (secondary N) is 2. The average Bonchev–Trinajstić information content (AvgIpc) is 2.73. The largest absolute Gasteiger partial charge is 0.379 e. The van der Waals surface area contributed by atoms with Gasteiger partial charge in [-0.2, -0.15) is 17.4 Å². The van der Waals surface area contributed by atoms with Gasteiger partial charge in [-0.3, -0.25) is 9.59 Å². The Hall–Kier alpha value is -1.88. The molecule has 1 saturated heterocycles. The van der Waals surface area contributed by atoms with Crippen LogP contribution in [0.4, 0.5) is 4.39 Å². The highest BCUT2D eigenvalue weighted by atomic mass is 32.2. The minimum Gasteiger partial charge on any atom is -0.379 e. The van der Waals surface area contributed by atoms with Gasteiger partial charge in [0.1, 0.15) is 12.7 Å². The highest BCUT2D eigenvalue weighted by Gasteiger charge is 2.32. The van der Waals surface area contributed by atoms with Gasteiger partial charge in [-0.15, -0.1) is 0 Å². The summed E-state index contributed by atoms with van der Waals surface area (Å²) >= 11 is 0. The number of carbonyl (C=O) groups excluding carboxylic acids is 2. The van der Waals surface area contributed by atoms with Crippen molar-refractivity contribution in [2.45, 2.75) is 38.8 Å². The van der Waals surface area contributed by atoms with E-state index in [9.17, 15) is 22.4 Å². The summed E-state index contributed by atoms with van der Waals surface area (Å²) in [4.78, 5) is 25.0. The molecule has 0 radical (unpaired) electrons. The number of alkyl halides is 1. The van der Waals surface area contributed by atoms with Gasteiger partial charge in [-0.05, 0) is 24.3 Å². The zero-order chi connectivity index (χ0) is 22.1. The van der Waals surface area contributed by atoms with Crippen molar-refractivity contribution in [2.75, 3.05) is 33.0 Å². The topological polar surface area (TPSA) is 105 Å². The molecular weight excluding hydrogens is 413 g/mol. The van der Waals surface area contributed by atoms with Crippen molar-refractivity contribution in [3.63, 3.8) is 0 Å². The van der Waals surface area contributed by atoms with E-state index >= 15 is 0 Å². The smallest absolute Gasteiger partial charge is 0.280 e. The van der Waals surface area contributed by atoms with Crippen LogP contribution in [-0.4, -0.2) is 69.5 Å². The molecule has 1 heterocycles. The van der Waals surface area contributed by atoms with Crippen LogP contribution in [0.3, 0.4) is 0 Å². The molecular formula is C20H30FN3O5S. The van der Waals surface area contributed by atoms with E-state index in [1.807, 2.05) is 19.9 Å². The summed E-state index contributed by atoms with van der Waals surface area (Å²) < 4.78 is 47.3.